The standard InChI is InChI=1S/C14H15BrN2O3/c15-11-5-1-4-10-12(11)17(14(20)13(10)19)8-16-6-2-3-9(18)7-16/h1,4-5,9,18H,2-3,6-8H2/t9-/m1/s1. The van der Waals surface area contributed by atoms with E-state index in [-0.39, 0.29) is 6.10 Å². The van der Waals surface area contributed by atoms with E-state index in [1.54, 1.807) is 12.1 Å². The van der Waals surface area contributed by atoms with Crippen molar-refractivity contribution < 1.29 is 14.7 Å². The SMILES string of the molecule is O=C1C(=O)N(CN2CCC[C@@H](O)C2)c2c(Br)cccc21. The van der Waals surface area contributed by atoms with Crippen LogP contribution >= 0.6 is 15.9 Å². The number of anilines is 1. The Morgan fingerprint density at radius 2 is 2.15 bits per heavy atom. The number of aliphatic hydroxyl groups excluding tert-OH is 1. The summed E-state index contributed by atoms with van der Waals surface area (Å²) in [6.07, 6.45) is 1.35. The molecule has 5 nitrogen and oxygen atoms in total. The molecule has 0 radical (unpaired) electrons. The number of nitrogens with zero attached hydrogens (tertiary/aromatic N) is 2. The third kappa shape index (κ3) is 2.28. The molecule has 106 valence electrons. The van der Waals surface area contributed by atoms with Crippen molar-refractivity contribution in [2.24, 2.45) is 0 Å². The quantitative estimate of drug-likeness (QED) is 0.828. The average molecular weight is 339 g/mol. The molecule has 1 saturated heterocycles. The van der Waals surface area contributed by atoms with Gasteiger partial charge in [-0.2, -0.15) is 0 Å². The van der Waals surface area contributed by atoms with Crippen LogP contribution in [0.2, 0.25) is 0 Å². The van der Waals surface area contributed by atoms with E-state index in [4.69, 9.17) is 0 Å². The van der Waals surface area contributed by atoms with Crippen LogP contribution in [0.25, 0.3) is 0 Å². The van der Waals surface area contributed by atoms with Crippen LogP contribution < -0.4 is 4.90 Å². The molecule has 3 rings (SSSR count). The summed E-state index contributed by atoms with van der Waals surface area (Å²) in [7, 11) is 0. The molecule has 1 amide bonds. The molecule has 1 N–H and O–H groups in total. The maximum Gasteiger partial charge on any atom is 0.300 e. The van der Waals surface area contributed by atoms with Gasteiger partial charge in [0.2, 0.25) is 0 Å². The van der Waals surface area contributed by atoms with Gasteiger partial charge < -0.3 is 5.11 Å². The number of amides is 1. The Balaban J connectivity index is 1.87. The van der Waals surface area contributed by atoms with Crippen molar-refractivity contribution >= 4 is 33.3 Å². The molecular weight excluding hydrogens is 324 g/mol. The zero-order valence-corrected chi connectivity index (χ0v) is 12.5. The number of ketones is 1. The fraction of sp³-hybridized carbons (Fsp3) is 0.429. The first kappa shape index (κ1) is 13.7. The van der Waals surface area contributed by atoms with Crippen molar-refractivity contribution in [2.45, 2.75) is 18.9 Å². The number of β-amino-alcohol motifs (C(OH)–C–C–N with tert-alkyl or cyclic N) is 1. The molecule has 20 heavy (non-hydrogen) atoms. The number of carbonyl (C=O) groups excluding carboxylic acids is 2. The topological polar surface area (TPSA) is 60.9 Å². The highest BCUT2D eigenvalue weighted by Gasteiger charge is 2.38. The Labute approximate surface area is 125 Å². The minimum absolute atomic E-state index is 0.344. The molecule has 2 aliphatic rings. The lowest BCUT2D eigenvalue weighted by atomic mass is 10.1. The number of rotatable bonds is 2. The van der Waals surface area contributed by atoms with E-state index >= 15 is 0 Å². The fourth-order valence-electron chi connectivity index (χ4n) is 2.81. The summed E-state index contributed by atoms with van der Waals surface area (Å²) >= 11 is 3.41. The molecule has 0 aliphatic carbocycles. The number of fused-ring (bicyclic) bond motifs is 1. The number of Topliss-reactive ketones (excluding diaryl/α,β-unsaturated/α-hetero) is 1. The van der Waals surface area contributed by atoms with E-state index in [9.17, 15) is 14.7 Å². The molecule has 0 spiro atoms. The monoisotopic (exact) mass is 338 g/mol. The van der Waals surface area contributed by atoms with Crippen molar-refractivity contribution in [1.29, 1.82) is 0 Å². The molecule has 1 fully saturated rings. The molecule has 1 aromatic rings. The number of halogens is 1. The fourth-order valence-corrected chi connectivity index (χ4v) is 3.39. The van der Waals surface area contributed by atoms with Crippen molar-refractivity contribution in [3.05, 3.63) is 28.2 Å². The van der Waals surface area contributed by atoms with E-state index in [0.29, 0.717) is 24.5 Å². The number of aliphatic hydroxyl groups is 1. The Hall–Kier alpha value is -1.24. The Bertz CT molecular complexity index is 576. The average Bonchev–Trinajstić information content (AvgIpc) is 2.66. The van der Waals surface area contributed by atoms with E-state index in [2.05, 4.69) is 15.9 Å². The number of hydrogen-bond donors (Lipinski definition) is 1. The lowest BCUT2D eigenvalue weighted by Gasteiger charge is -2.33. The Morgan fingerprint density at radius 1 is 1.35 bits per heavy atom. The molecule has 0 aromatic heterocycles. The van der Waals surface area contributed by atoms with Crippen LogP contribution in [-0.4, -0.2) is 47.6 Å². The normalized spacial score (nSPS) is 23.3. The maximum absolute atomic E-state index is 12.1. The van der Waals surface area contributed by atoms with E-state index in [1.165, 1.54) is 4.90 Å². The predicted octanol–water partition coefficient (Wildman–Crippen LogP) is 1.39. The van der Waals surface area contributed by atoms with Crippen LogP contribution in [0.4, 0.5) is 5.69 Å². The highest BCUT2D eigenvalue weighted by molar-refractivity contribution is 9.10. The largest absolute Gasteiger partial charge is 0.392 e. The predicted molar refractivity (Wildman–Crippen MR) is 77.6 cm³/mol. The van der Waals surface area contributed by atoms with Crippen LogP contribution in [0.3, 0.4) is 0 Å². The molecular formula is C14H15BrN2O3. The third-order valence-corrected chi connectivity index (χ3v) is 4.40. The highest BCUT2D eigenvalue weighted by atomic mass is 79.9. The molecule has 1 atom stereocenters. The maximum atomic E-state index is 12.1. The van der Waals surface area contributed by atoms with Crippen molar-refractivity contribution in [1.82, 2.24) is 4.90 Å². The highest BCUT2D eigenvalue weighted by Crippen LogP contribution is 2.36. The number of piperidine rings is 1. The van der Waals surface area contributed by atoms with Gasteiger partial charge in [0.25, 0.3) is 5.78 Å². The Kier molecular flexibility index (Phi) is 3.62. The molecule has 1 aromatic carbocycles. The van der Waals surface area contributed by atoms with E-state index < -0.39 is 11.7 Å². The summed E-state index contributed by atoms with van der Waals surface area (Å²) in [6.45, 7) is 1.71. The molecule has 0 bridgehead atoms. The van der Waals surface area contributed by atoms with Crippen molar-refractivity contribution in [3.8, 4) is 0 Å². The van der Waals surface area contributed by atoms with Crippen LogP contribution in [0.5, 0.6) is 0 Å². The van der Waals surface area contributed by atoms with Gasteiger partial charge in [-0.25, -0.2) is 0 Å². The molecule has 0 saturated carbocycles. The van der Waals surface area contributed by atoms with Gasteiger partial charge in [0.1, 0.15) is 0 Å². The summed E-state index contributed by atoms with van der Waals surface area (Å²) in [6, 6.07) is 5.25. The van der Waals surface area contributed by atoms with Gasteiger partial charge in [0.05, 0.1) is 24.0 Å². The van der Waals surface area contributed by atoms with Crippen LogP contribution in [0.15, 0.2) is 22.7 Å². The van der Waals surface area contributed by atoms with Crippen LogP contribution in [-0.2, 0) is 4.79 Å². The second-order valence-electron chi connectivity index (χ2n) is 5.21. The van der Waals surface area contributed by atoms with Gasteiger partial charge >= 0.3 is 5.91 Å². The van der Waals surface area contributed by atoms with Gasteiger partial charge in [-0.15, -0.1) is 0 Å². The first-order valence-corrected chi connectivity index (χ1v) is 7.42. The number of carbonyl (C=O) groups is 2. The lowest BCUT2D eigenvalue weighted by molar-refractivity contribution is -0.114. The van der Waals surface area contributed by atoms with Gasteiger partial charge in [0, 0.05) is 17.6 Å². The molecule has 6 heteroatoms. The van der Waals surface area contributed by atoms with Gasteiger partial charge in [-0.05, 0) is 40.9 Å². The second-order valence-corrected chi connectivity index (χ2v) is 6.07. The van der Waals surface area contributed by atoms with Gasteiger partial charge in [0.15, 0.2) is 0 Å². The zero-order chi connectivity index (χ0) is 14.3. The summed E-state index contributed by atoms with van der Waals surface area (Å²) in [5.41, 5.74) is 1.09. The van der Waals surface area contributed by atoms with Crippen molar-refractivity contribution in [3.63, 3.8) is 0 Å². The van der Waals surface area contributed by atoms with Crippen molar-refractivity contribution in [2.75, 3.05) is 24.7 Å². The first-order valence-electron chi connectivity index (χ1n) is 6.63. The molecule has 2 heterocycles. The zero-order valence-electron chi connectivity index (χ0n) is 10.9. The Morgan fingerprint density at radius 3 is 2.90 bits per heavy atom. The summed E-state index contributed by atoms with van der Waals surface area (Å²) in [5, 5.41) is 9.70. The van der Waals surface area contributed by atoms with Gasteiger partial charge in [-0.1, -0.05) is 6.07 Å². The lowest BCUT2D eigenvalue weighted by Crippen LogP contribution is -2.46. The van der Waals surface area contributed by atoms with E-state index in [1.807, 2.05) is 11.0 Å². The van der Waals surface area contributed by atoms with Gasteiger partial charge in [-0.3, -0.25) is 19.4 Å². The number of likely N-dealkylation sites (tertiary alicyclic amines) is 1. The summed E-state index contributed by atoms with van der Waals surface area (Å²) < 4.78 is 0.742. The molecule has 2 aliphatic heterocycles. The van der Waals surface area contributed by atoms with Crippen LogP contribution in [0.1, 0.15) is 23.2 Å². The number of para-hydroxylation sites is 1. The first-order chi connectivity index (χ1) is 9.58. The summed E-state index contributed by atoms with van der Waals surface area (Å²) in [4.78, 5) is 27.6. The van der Waals surface area contributed by atoms with Crippen LogP contribution in [0, 0.1) is 0 Å². The molecule has 0 unspecified atom stereocenters. The van der Waals surface area contributed by atoms with E-state index in [0.717, 1.165) is 23.9 Å². The third-order valence-electron chi connectivity index (χ3n) is 3.76. The summed E-state index contributed by atoms with van der Waals surface area (Å²) in [5.74, 6) is -0.953. The second kappa shape index (κ2) is 5.27. The minimum Gasteiger partial charge on any atom is -0.392 e. The minimum atomic E-state index is -0.494. The number of benzene rings is 1. The number of hydrogen-bond acceptors (Lipinski definition) is 4. The smallest absolute Gasteiger partial charge is 0.300 e.